The highest BCUT2D eigenvalue weighted by molar-refractivity contribution is 5.99. The molecule has 10 heteroatoms. The molecule has 4 rings (SSSR count). The van der Waals surface area contributed by atoms with Crippen LogP contribution < -0.4 is 15.5 Å². The molecule has 1 N–H and O–H groups in total. The number of unbranched alkanes of at least 4 members (excludes halogenated alkanes) is 1. The van der Waals surface area contributed by atoms with E-state index in [0.717, 1.165) is 6.42 Å². The standard InChI is InChI=1S/C25H26F3N3O4/c1-3-4-8-35-23-21-25(34)30-12-16(7-5-6-14(30)2)31(21)13-18(22(23)32)24(33)29-11-17-19(27)9-15(26)10-20(17)28/h5-6,9-10,13-14,16H,3-4,7-8,11-12H2,1-2H3,(H,29,33)/t14-,16-/m0/s1. The minimum atomic E-state index is -1.15. The molecular weight excluding hydrogens is 463 g/mol. The van der Waals surface area contributed by atoms with Crippen LogP contribution >= 0.6 is 0 Å². The minimum absolute atomic E-state index is 0.0880. The summed E-state index contributed by atoms with van der Waals surface area (Å²) in [5, 5.41) is 2.33. The Morgan fingerprint density at radius 3 is 2.60 bits per heavy atom. The number of halogens is 3. The van der Waals surface area contributed by atoms with Crippen LogP contribution in [0, 0.1) is 17.5 Å². The third-order valence-corrected chi connectivity index (χ3v) is 6.29. The van der Waals surface area contributed by atoms with E-state index in [1.54, 1.807) is 9.47 Å². The second-order valence-electron chi connectivity index (χ2n) is 8.71. The zero-order chi connectivity index (χ0) is 25.3. The van der Waals surface area contributed by atoms with Crippen LogP contribution in [0.25, 0.3) is 0 Å². The Hall–Kier alpha value is -3.56. The second kappa shape index (κ2) is 9.97. The highest BCUT2D eigenvalue weighted by atomic mass is 19.1. The molecule has 1 aromatic heterocycles. The number of nitrogens with zero attached hydrogens (tertiary/aromatic N) is 2. The Morgan fingerprint density at radius 2 is 1.91 bits per heavy atom. The molecule has 2 atom stereocenters. The van der Waals surface area contributed by atoms with Gasteiger partial charge in [-0.25, -0.2) is 13.2 Å². The molecule has 2 amide bonds. The maximum Gasteiger partial charge on any atom is 0.275 e. The van der Waals surface area contributed by atoms with Crippen LogP contribution in [-0.2, 0) is 6.54 Å². The first-order chi connectivity index (χ1) is 16.7. The van der Waals surface area contributed by atoms with Gasteiger partial charge in [0.25, 0.3) is 11.8 Å². The summed E-state index contributed by atoms with van der Waals surface area (Å²) in [5.41, 5.74) is -1.54. The molecule has 0 radical (unpaired) electrons. The van der Waals surface area contributed by atoms with E-state index in [1.807, 2.05) is 26.0 Å². The molecule has 2 bridgehead atoms. The summed E-state index contributed by atoms with van der Waals surface area (Å²) < 4.78 is 48.5. The quantitative estimate of drug-likeness (QED) is 0.475. The fraction of sp³-hybridized carbons (Fsp3) is 0.400. The molecule has 1 aromatic carbocycles. The first-order valence-electron chi connectivity index (χ1n) is 11.5. The number of ether oxygens (including phenoxy) is 1. The number of carbonyl (C=O) groups is 2. The van der Waals surface area contributed by atoms with Crippen molar-refractivity contribution in [1.29, 1.82) is 0 Å². The summed E-state index contributed by atoms with van der Waals surface area (Å²) in [7, 11) is 0. The van der Waals surface area contributed by atoms with Crippen molar-refractivity contribution in [2.45, 2.75) is 51.7 Å². The lowest BCUT2D eigenvalue weighted by molar-refractivity contribution is 0.0627. The first-order valence-corrected chi connectivity index (χ1v) is 11.5. The van der Waals surface area contributed by atoms with Crippen LogP contribution in [0.15, 0.2) is 35.3 Å². The van der Waals surface area contributed by atoms with Gasteiger partial charge in [0, 0.05) is 43.0 Å². The van der Waals surface area contributed by atoms with Gasteiger partial charge in [-0.1, -0.05) is 25.5 Å². The van der Waals surface area contributed by atoms with Gasteiger partial charge >= 0.3 is 0 Å². The number of aromatic nitrogens is 1. The Labute approximate surface area is 200 Å². The van der Waals surface area contributed by atoms with Crippen molar-refractivity contribution in [2.24, 2.45) is 0 Å². The normalized spacial score (nSPS) is 18.8. The summed E-state index contributed by atoms with van der Waals surface area (Å²) in [6.07, 6.45) is 7.18. The van der Waals surface area contributed by atoms with Crippen LogP contribution in [0.1, 0.15) is 65.6 Å². The monoisotopic (exact) mass is 489 g/mol. The summed E-state index contributed by atoms with van der Waals surface area (Å²) in [4.78, 5) is 41.3. The van der Waals surface area contributed by atoms with Crippen LogP contribution in [0.5, 0.6) is 5.75 Å². The number of carbonyl (C=O) groups excluding carboxylic acids is 2. The first kappa shape index (κ1) is 24.6. The maximum absolute atomic E-state index is 14.0. The van der Waals surface area contributed by atoms with E-state index in [2.05, 4.69) is 5.32 Å². The maximum atomic E-state index is 14.0. The summed E-state index contributed by atoms with van der Waals surface area (Å²) in [6, 6.07) is 0.631. The van der Waals surface area contributed by atoms with E-state index in [4.69, 9.17) is 4.74 Å². The van der Waals surface area contributed by atoms with E-state index in [1.165, 1.54) is 6.20 Å². The molecule has 0 unspecified atom stereocenters. The van der Waals surface area contributed by atoms with Gasteiger partial charge in [-0.3, -0.25) is 14.4 Å². The number of hydrogen-bond acceptors (Lipinski definition) is 4. The number of nitrogens with one attached hydrogen (secondary N) is 1. The van der Waals surface area contributed by atoms with Crippen LogP contribution in [0.3, 0.4) is 0 Å². The fourth-order valence-corrected chi connectivity index (χ4v) is 4.33. The molecule has 2 aliphatic rings. The third kappa shape index (κ3) is 4.69. The molecule has 0 saturated carbocycles. The average molecular weight is 489 g/mol. The van der Waals surface area contributed by atoms with E-state index in [0.29, 0.717) is 31.5 Å². The number of rotatable bonds is 7. The highest BCUT2D eigenvalue weighted by Crippen LogP contribution is 2.32. The van der Waals surface area contributed by atoms with E-state index < -0.39 is 40.9 Å². The Morgan fingerprint density at radius 1 is 1.20 bits per heavy atom. The number of allylic oxidation sites excluding steroid dienone is 1. The highest BCUT2D eigenvalue weighted by Gasteiger charge is 2.38. The van der Waals surface area contributed by atoms with E-state index >= 15 is 0 Å². The van der Waals surface area contributed by atoms with Crippen molar-refractivity contribution in [3.63, 3.8) is 0 Å². The topological polar surface area (TPSA) is 80.6 Å². The molecule has 2 aromatic rings. The molecule has 0 aliphatic carbocycles. The van der Waals surface area contributed by atoms with Crippen molar-refractivity contribution >= 4 is 11.8 Å². The van der Waals surface area contributed by atoms with E-state index in [-0.39, 0.29) is 41.6 Å². The predicted molar refractivity (Wildman–Crippen MR) is 122 cm³/mol. The minimum Gasteiger partial charge on any atom is -0.487 e. The van der Waals surface area contributed by atoms with Gasteiger partial charge in [0.05, 0.1) is 12.6 Å². The molecule has 186 valence electrons. The zero-order valence-corrected chi connectivity index (χ0v) is 19.4. The lowest BCUT2D eigenvalue weighted by Gasteiger charge is -2.37. The molecule has 0 spiro atoms. The molecule has 35 heavy (non-hydrogen) atoms. The van der Waals surface area contributed by atoms with Gasteiger partial charge in [0.1, 0.15) is 23.0 Å². The zero-order valence-electron chi connectivity index (χ0n) is 19.4. The predicted octanol–water partition coefficient (Wildman–Crippen LogP) is 3.72. The third-order valence-electron chi connectivity index (χ3n) is 6.29. The molecule has 7 nitrogen and oxygen atoms in total. The molecule has 3 heterocycles. The van der Waals surface area contributed by atoms with Crippen molar-refractivity contribution in [2.75, 3.05) is 13.2 Å². The smallest absolute Gasteiger partial charge is 0.275 e. The van der Waals surface area contributed by atoms with Crippen molar-refractivity contribution in [3.05, 3.63) is 75.0 Å². The molecule has 0 fully saturated rings. The van der Waals surface area contributed by atoms with Crippen LogP contribution in [-0.4, -0.2) is 40.5 Å². The van der Waals surface area contributed by atoms with Gasteiger partial charge in [-0.05, 0) is 19.8 Å². The van der Waals surface area contributed by atoms with Gasteiger partial charge in [-0.2, -0.15) is 0 Å². The molecule has 0 saturated heterocycles. The number of benzene rings is 1. The van der Waals surface area contributed by atoms with Crippen molar-refractivity contribution in [3.8, 4) is 5.75 Å². The van der Waals surface area contributed by atoms with Gasteiger partial charge < -0.3 is 19.5 Å². The Bertz CT molecular complexity index is 1230. The van der Waals surface area contributed by atoms with Gasteiger partial charge in [0.2, 0.25) is 5.43 Å². The number of hydrogen-bond donors (Lipinski definition) is 1. The Kier molecular flexibility index (Phi) is 7.00. The lowest BCUT2D eigenvalue weighted by atomic mass is 10.1. The summed E-state index contributed by atoms with van der Waals surface area (Å²) in [6.45, 7) is 3.81. The SMILES string of the molecule is CCCCOc1c2n(cc(C(=O)NCc3c(F)cc(F)cc3F)c1=O)[C@H]1CC=C[C@H](C)N(C1)C2=O. The summed E-state index contributed by atoms with van der Waals surface area (Å²) in [5.74, 6) is -4.86. The number of pyridine rings is 1. The number of fused-ring (bicyclic) bond motifs is 4. The van der Waals surface area contributed by atoms with E-state index in [9.17, 15) is 27.6 Å². The summed E-state index contributed by atoms with van der Waals surface area (Å²) >= 11 is 0. The fourth-order valence-electron chi connectivity index (χ4n) is 4.33. The van der Waals surface area contributed by atoms with Gasteiger partial charge in [0.15, 0.2) is 11.4 Å². The molecular formula is C25H26F3N3O4. The second-order valence-corrected chi connectivity index (χ2v) is 8.71. The van der Waals surface area contributed by atoms with Crippen molar-refractivity contribution in [1.82, 2.24) is 14.8 Å². The van der Waals surface area contributed by atoms with Crippen LogP contribution in [0.4, 0.5) is 13.2 Å². The lowest BCUT2D eigenvalue weighted by Crippen LogP contribution is -2.47. The average Bonchev–Trinajstić information content (AvgIpc) is 2.97. The van der Waals surface area contributed by atoms with Gasteiger partial charge in [-0.15, -0.1) is 0 Å². The number of amides is 2. The molecule has 2 aliphatic heterocycles. The van der Waals surface area contributed by atoms with Crippen LogP contribution in [0.2, 0.25) is 0 Å². The Balaban J connectivity index is 1.73. The largest absolute Gasteiger partial charge is 0.487 e. The van der Waals surface area contributed by atoms with Crippen molar-refractivity contribution < 1.29 is 27.5 Å².